The van der Waals surface area contributed by atoms with Crippen molar-refractivity contribution in [3.63, 3.8) is 0 Å². The molecule has 1 saturated carbocycles. The van der Waals surface area contributed by atoms with E-state index in [-0.39, 0.29) is 36.8 Å². The van der Waals surface area contributed by atoms with Gasteiger partial charge in [0.15, 0.2) is 0 Å². The third-order valence-corrected chi connectivity index (χ3v) is 5.22. The Morgan fingerprint density at radius 3 is 2.31 bits per heavy atom. The zero-order chi connectivity index (χ0) is 20.5. The van der Waals surface area contributed by atoms with Crippen LogP contribution in [0, 0.1) is 5.82 Å². The highest BCUT2D eigenvalue weighted by atomic mass is 19.1. The molecule has 1 aliphatic rings. The summed E-state index contributed by atoms with van der Waals surface area (Å²) in [6.45, 7) is 0.335. The largest absolute Gasteiger partial charge is 0.376 e. The first-order valence-electron chi connectivity index (χ1n) is 10.3. The third kappa shape index (κ3) is 6.59. The zero-order valence-corrected chi connectivity index (χ0v) is 16.5. The lowest BCUT2D eigenvalue weighted by atomic mass is 10.1. The maximum atomic E-state index is 13.6. The Bertz CT molecular complexity index is 815. The Hall–Kier alpha value is -2.89. The molecule has 1 aliphatic carbocycles. The molecule has 3 rings (SSSR count). The van der Waals surface area contributed by atoms with Crippen molar-refractivity contribution in [2.45, 2.75) is 51.1 Å². The second kappa shape index (κ2) is 10.6. The van der Waals surface area contributed by atoms with Gasteiger partial charge in [-0.05, 0) is 43.2 Å². The van der Waals surface area contributed by atoms with Gasteiger partial charge in [0.1, 0.15) is 5.82 Å². The Kier molecular flexibility index (Phi) is 7.61. The molecule has 0 unspecified atom stereocenters. The molecule has 0 bridgehead atoms. The molecule has 0 spiro atoms. The summed E-state index contributed by atoms with van der Waals surface area (Å²) in [6.07, 6.45) is 6.98. The monoisotopic (exact) mass is 397 g/mol. The van der Waals surface area contributed by atoms with Crippen LogP contribution in [0.5, 0.6) is 0 Å². The molecular formula is C23H28FN3O2. The molecule has 2 aromatic carbocycles. The van der Waals surface area contributed by atoms with Gasteiger partial charge in [0.2, 0.25) is 5.91 Å². The van der Waals surface area contributed by atoms with Gasteiger partial charge < -0.3 is 16.0 Å². The molecular weight excluding hydrogens is 369 g/mol. The molecule has 2 amide bonds. The second-order valence-electron chi connectivity index (χ2n) is 7.46. The minimum absolute atomic E-state index is 0.0105. The average molecular weight is 397 g/mol. The van der Waals surface area contributed by atoms with Crippen LogP contribution in [0.3, 0.4) is 0 Å². The standard InChI is InChI=1S/C23H28FN3O2/c24-21-10-6-5-7-18(21)15-26-23(29)17-11-13-19(14-12-17)25-16-22(28)27-20-8-3-1-2-4-9-20/h5-7,10-14,20,25H,1-4,8-9,15-16H2,(H,26,29)(H,27,28). The first-order chi connectivity index (χ1) is 14.1. The van der Waals surface area contributed by atoms with Crippen LogP contribution in [0.25, 0.3) is 0 Å². The second-order valence-corrected chi connectivity index (χ2v) is 7.46. The van der Waals surface area contributed by atoms with E-state index in [4.69, 9.17) is 0 Å². The lowest BCUT2D eigenvalue weighted by Crippen LogP contribution is -2.38. The number of amides is 2. The van der Waals surface area contributed by atoms with Gasteiger partial charge in [-0.1, -0.05) is 43.9 Å². The van der Waals surface area contributed by atoms with Crippen molar-refractivity contribution in [2.24, 2.45) is 0 Å². The predicted octanol–water partition coefficient (Wildman–Crippen LogP) is 4.01. The van der Waals surface area contributed by atoms with Crippen LogP contribution in [0.4, 0.5) is 10.1 Å². The van der Waals surface area contributed by atoms with Crippen molar-refractivity contribution >= 4 is 17.5 Å². The number of benzene rings is 2. The summed E-state index contributed by atoms with van der Waals surface area (Å²) in [7, 11) is 0. The summed E-state index contributed by atoms with van der Waals surface area (Å²) in [5.41, 5.74) is 1.69. The highest BCUT2D eigenvalue weighted by Gasteiger charge is 2.14. The number of rotatable bonds is 7. The van der Waals surface area contributed by atoms with E-state index in [0.29, 0.717) is 11.1 Å². The Labute approximate surface area is 171 Å². The van der Waals surface area contributed by atoms with Crippen LogP contribution in [-0.4, -0.2) is 24.4 Å². The van der Waals surface area contributed by atoms with E-state index >= 15 is 0 Å². The van der Waals surface area contributed by atoms with Crippen LogP contribution in [0.1, 0.15) is 54.4 Å². The normalized spacial score (nSPS) is 14.7. The molecule has 2 aromatic rings. The molecule has 0 aliphatic heterocycles. The molecule has 29 heavy (non-hydrogen) atoms. The molecule has 0 saturated heterocycles. The molecule has 0 heterocycles. The maximum absolute atomic E-state index is 13.6. The number of carbonyl (C=O) groups excluding carboxylic acids is 2. The van der Waals surface area contributed by atoms with E-state index in [1.54, 1.807) is 42.5 Å². The van der Waals surface area contributed by atoms with Gasteiger partial charge >= 0.3 is 0 Å². The number of hydrogen-bond donors (Lipinski definition) is 3. The highest BCUT2D eigenvalue weighted by Crippen LogP contribution is 2.17. The van der Waals surface area contributed by atoms with Crippen LogP contribution in [0.2, 0.25) is 0 Å². The lowest BCUT2D eigenvalue weighted by molar-refractivity contribution is -0.120. The van der Waals surface area contributed by atoms with Gasteiger partial charge in [-0.2, -0.15) is 0 Å². The van der Waals surface area contributed by atoms with Crippen molar-refractivity contribution in [2.75, 3.05) is 11.9 Å². The van der Waals surface area contributed by atoms with Crippen LogP contribution >= 0.6 is 0 Å². The molecule has 0 radical (unpaired) electrons. The minimum Gasteiger partial charge on any atom is -0.376 e. The third-order valence-electron chi connectivity index (χ3n) is 5.22. The molecule has 0 atom stereocenters. The molecule has 0 aromatic heterocycles. The van der Waals surface area contributed by atoms with E-state index in [9.17, 15) is 14.0 Å². The Morgan fingerprint density at radius 1 is 0.931 bits per heavy atom. The molecule has 154 valence electrons. The van der Waals surface area contributed by atoms with Crippen molar-refractivity contribution in [1.29, 1.82) is 0 Å². The van der Waals surface area contributed by atoms with E-state index < -0.39 is 0 Å². The lowest BCUT2D eigenvalue weighted by Gasteiger charge is -2.16. The van der Waals surface area contributed by atoms with Gasteiger partial charge in [0.05, 0.1) is 6.54 Å². The van der Waals surface area contributed by atoms with Crippen LogP contribution in [-0.2, 0) is 11.3 Å². The highest BCUT2D eigenvalue weighted by molar-refractivity contribution is 5.94. The van der Waals surface area contributed by atoms with E-state index in [0.717, 1.165) is 18.5 Å². The summed E-state index contributed by atoms with van der Waals surface area (Å²) in [4.78, 5) is 24.4. The number of halogens is 1. The first-order valence-corrected chi connectivity index (χ1v) is 10.3. The Morgan fingerprint density at radius 2 is 1.62 bits per heavy atom. The van der Waals surface area contributed by atoms with Gasteiger partial charge in [-0.25, -0.2) is 4.39 Å². The summed E-state index contributed by atoms with van der Waals surface area (Å²) in [5, 5.41) is 8.90. The van der Waals surface area contributed by atoms with Crippen molar-refractivity contribution in [1.82, 2.24) is 10.6 Å². The van der Waals surface area contributed by atoms with Crippen molar-refractivity contribution < 1.29 is 14.0 Å². The fraction of sp³-hybridized carbons (Fsp3) is 0.391. The number of hydrogen-bond acceptors (Lipinski definition) is 3. The quantitative estimate of drug-likeness (QED) is 0.619. The zero-order valence-electron chi connectivity index (χ0n) is 16.5. The predicted molar refractivity (Wildman–Crippen MR) is 112 cm³/mol. The number of anilines is 1. The smallest absolute Gasteiger partial charge is 0.251 e. The SMILES string of the molecule is O=C(CNc1ccc(C(=O)NCc2ccccc2F)cc1)NC1CCCCCC1. The summed E-state index contributed by atoms with van der Waals surface area (Å²) >= 11 is 0. The van der Waals surface area contributed by atoms with Crippen molar-refractivity contribution in [3.8, 4) is 0 Å². The molecule has 1 fully saturated rings. The molecule has 3 N–H and O–H groups in total. The van der Waals surface area contributed by atoms with Gasteiger partial charge in [0.25, 0.3) is 5.91 Å². The summed E-state index contributed by atoms with van der Waals surface area (Å²) in [6, 6.07) is 13.5. The number of carbonyl (C=O) groups is 2. The fourth-order valence-corrected chi connectivity index (χ4v) is 3.54. The van der Waals surface area contributed by atoms with Gasteiger partial charge in [0, 0.05) is 29.4 Å². The van der Waals surface area contributed by atoms with E-state index in [2.05, 4.69) is 16.0 Å². The first kappa shape index (κ1) is 20.8. The van der Waals surface area contributed by atoms with Crippen molar-refractivity contribution in [3.05, 3.63) is 65.5 Å². The summed E-state index contributed by atoms with van der Waals surface area (Å²) in [5.74, 6) is -0.621. The van der Waals surface area contributed by atoms with E-state index in [1.807, 2.05) is 0 Å². The topological polar surface area (TPSA) is 70.2 Å². The molecule has 5 nitrogen and oxygen atoms in total. The van der Waals surface area contributed by atoms with Crippen LogP contribution in [0.15, 0.2) is 48.5 Å². The van der Waals surface area contributed by atoms with Gasteiger partial charge in [-0.3, -0.25) is 9.59 Å². The van der Waals surface area contributed by atoms with Crippen LogP contribution < -0.4 is 16.0 Å². The summed E-state index contributed by atoms with van der Waals surface area (Å²) < 4.78 is 13.6. The average Bonchev–Trinajstić information content (AvgIpc) is 3.00. The van der Waals surface area contributed by atoms with Gasteiger partial charge in [-0.15, -0.1) is 0 Å². The fourth-order valence-electron chi connectivity index (χ4n) is 3.54. The molecule has 6 heteroatoms. The minimum atomic E-state index is -0.338. The van der Waals surface area contributed by atoms with E-state index in [1.165, 1.54) is 31.7 Å². The Balaban J connectivity index is 1.43. The maximum Gasteiger partial charge on any atom is 0.251 e. The number of nitrogens with one attached hydrogen (secondary N) is 3.